The normalized spacial score (nSPS) is 16.2. The summed E-state index contributed by atoms with van der Waals surface area (Å²) in [5.41, 5.74) is -1.04. The van der Waals surface area contributed by atoms with Crippen LogP contribution in [0.1, 0.15) is 16.8 Å². The smallest absolute Gasteiger partial charge is 0.390 e. The second-order valence-electron chi connectivity index (χ2n) is 5.93. The number of benzene rings is 1. The number of rotatable bonds is 3. The molecule has 8 heteroatoms. The SMILES string of the molecule is Cc1c(C(F)(F)F)nc(-c2ccc(CN3CC(O)C3)cc2)[nH]c1=O. The van der Waals surface area contributed by atoms with Gasteiger partial charge in [-0.05, 0) is 12.5 Å². The van der Waals surface area contributed by atoms with Crippen molar-refractivity contribution in [2.24, 2.45) is 0 Å². The number of aromatic nitrogens is 2. The van der Waals surface area contributed by atoms with Gasteiger partial charge in [0.15, 0.2) is 5.69 Å². The Kier molecular flexibility index (Phi) is 4.18. The lowest BCUT2D eigenvalue weighted by molar-refractivity contribution is -0.141. The van der Waals surface area contributed by atoms with Crippen molar-refractivity contribution >= 4 is 0 Å². The maximum Gasteiger partial charge on any atom is 0.433 e. The highest BCUT2D eigenvalue weighted by Crippen LogP contribution is 2.30. The number of β-amino-alcohol motifs (C(OH)–C–C–N with tert-alkyl or cyclic N) is 1. The molecule has 2 aromatic rings. The molecular weight excluding hydrogens is 323 g/mol. The number of nitrogens with one attached hydrogen (secondary N) is 1. The third kappa shape index (κ3) is 3.34. The van der Waals surface area contributed by atoms with E-state index in [0.717, 1.165) is 12.5 Å². The van der Waals surface area contributed by atoms with Gasteiger partial charge in [0.2, 0.25) is 0 Å². The molecule has 2 N–H and O–H groups in total. The molecule has 0 bridgehead atoms. The largest absolute Gasteiger partial charge is 0.433 e. The molecule has 24 heavy (non-hydrogen) atoms. The van der Waals surface area contributed by atoms with Gasteiger partial charge in [-0.2, -0.15) is 13.2 Å². The molecule has 1 aromatic carbocycles. The minimum atomic E-state index is -4.68. The number of hydrogen-bond donors (Lipinski definition) is 2. The van der Waals surface area contributed by atoms with Crippen molar-refractivity contribution in [2.75, 3.05) is 13.1 Å². The number of aromatic amines is 1. The number of nitrogens with zero attached hydrogens (tertiary/aromatic N) is 2. The molecule has 0 radical (unpaired) electrons. The maximum atomic E-state index is 13.0. The fourth-order valence-corrected chi connectivity index (χ4v) is 2.64. The van der Waals surface area contributed by atoms with E-state index in [-0.39, 0.29) is 11.9 Å². The summed E-state index contributed by atoms with van der Waals surface area (Å²) in [7, 11) is 0. The summed E-state index contributed by atoms with van der Waals surface area (Å²) in [4.78, 5) is 19.8. The topological polar surface area (TPSA) is 69.2 Å². The highest BCUT2D eigenvalue weighted by molar-refractivity contribution is 5.55. The summed E-state index contributed by atoms with van der Waals surface area (Å²) < 4.78 is 38.9. The van der Waals surface area contributed by atoms with Gasteiger partial charge in [-0.25, -0.2) is 4.98 Å². The predicted octanol–water partition coefficient (Wildman–Crippen LogP) is 1.94. The molecule has 128 valence electrons. The summed E-state index contributed by atoms with van der Waals surface area (Å²) in [6.07, 6.45) is -4.96. The van der Waals surface area contributed by atoms with Gasteiger partial charge in [0, 0.05) is 30.8 Å². The minimum absolute atomic E-state index is 0.108. The second kappa shape index (κ2) is 6.03. The third-order valence-electron chi connectivity index (χ3n) is 3.99. The molecule has 1 fully saturated rings. The van der Waals surface area contributed by atoms with E-state index in [4.69, 9.17) is 0 Å². The van der Waals surface area contributed by atoms with Crippen LogP contribution in [0.5, 0.6) is 0 Å². The van der Waals surface area contributed by atoms with Gasteiger partial charge >= 0.3 is 6.18 Å². The maximum absolute atomic E-state index is 13.0. The number of hydrogen-bond acceptors (Lipinski definition) is 4. The Hall–Kier alpha value is -2.19. The van der Waals surface area contributed by atoms with Gasteiger partial charge < -0.3 is 10.1 Å². The lowest BCUT2D eigenvalue weighted by atomic mass is 10.1. The molecule has 0 atom stereocenters. The molecule has 0 unspecified atom stereocenters. The Morgan fingerprint density at radius 3 is 2.46 bits per heavy atom. The van der Waals surface area contributed by atoms with Crippen molar-refractivity contribution < 1.29 is 18.3 Å². The van der Waals surface area contributed by atoms with Crippen LogP contribution in [-0.4, -0.2) is 39.2 Å². The van der Waals surface area contributed by atoms with Gasteiger partial charge in [0.25, 0.3) is 5.56 Å². The fraction of sp³-hybridized carbons (Fsp3) is 0.375. The summed E-state index contributed by atoms with van der Waals surface area (Å²) in [5, 5.41) is 9.25. The third-order valence-corrected chi connectivity index (χ3v) is 3.99. The van der Waals surface area contributed by atoms with Crippen LogP contribution in [0.2, 0.25) is 0 Å². The molecule has 2 heterocycles. The summed E-state index contributed by atoms with van der Waals surface area (Å²) in [5.74, 6) is -0.108. The van der Waals surface area contributed by atoms with Gasteiger partial charge in [-0.3, -0.25) is 9.69 Å². The van der Waals surface area contributed by atoms with Gasteiger partial charge in [0.1, 0.15) is 5.82 Å². The molecule has 3 rings (SSSR count). The molecular formula is C16H16F3N3O2. The predicted molar refractivity (Wildman–Crippen MR) is 81.3 cm³/mol. The van der Waals surface area contributed by atoms with E-state index in [1.54, 1.807) is 24.3 Å². The first-order valence-corrected chi connectivity index (χ1v) is 7.42. The van der Waals surface area contributed by atoms with Crippen LogP contribution in [0.4, 0.5) is 13.2 Å². The number of alkyl halides is 3. The minimum Gasteiger partial charge on any atom is -0.390 e. The van der Waals surface area contributed by atoms with E-state index >= 15 is 0 Å². The van der Waals surface area contributed by atoms with Crippen LogP contribution in [0.3, 0.4) is 0 Å². The Morgan fingerprint density at radius 2 is 1.92 bits per heavy atom. The van der Waals surface area contributed by atoms with E-state index in [2.05, 4.69) is 9.97 Å². The van der Waals surface area contributed by atoms with Crippen LogP contribution in [0.15, 0.2) is 29.1 Å². The van der Waals surface area contributed by atoms with E-state index in [9.17, 15) is 23.1 Å². The highest BCUT2D eigenvalue weighted by atomic mass is 19.4. The summed E-state index contributed by atoms with van der Waals surface area (Å²) >= 11 is 0. The van der Waals surface area contributed by atoms with E-state index in [0.29, 0.717) is 25.2 Å². The standard InChI is InChI=1S/C16H16F3N3O2/c1-9-13(16(17,18)19)20-14(21-15(9)24)11-4-2-10(3-5-11)6-22-7-12(23)8-22/h2-5,12,23H,6-8H2,1H3,(H,20,21,24). The van der Waals surface area contributed by atoms with Gasteiger partial charge in [0.05, 0.1) is 6.10 Å². The van der Waals surface area contributed by atoms with Crippen LogP contribution in [0, 0.1) is 6.92 Å². The number of aliphatic hydroxyl groups is 1. The highest BCUT2D eigenvalue weighted by Gasteiger charge is 2.36. The number of aliphatic hydroxyl groups excluding tert-OH is 1. The Balaban J connectivity index is 1.86. The molecule has 0 spiro atoms. The van der Waals surface area contributed by atoms with Gasteiger partial charge in [-0.15, -0.1) is 0 Å². The van der Waals surface area contributed by atoms with Crippen molar-refractivity contribution in [1.29, 1.82) is 0 Å². The van der Waals surface area contributed by atoms with Crippen LogP contribution < -0.4 is 5.56 Å². The number of likely N-dealkylation sites (tertiary alicyclic amines) is 1. The molecule has 1 aromatic heterocycles. The average molecular weight is 339 g/mol. The molecule has 1 saturated heterocycles. The van der Waals surface area contributed by atoms with Crippen molar-refractivity contribution in [1.82, 2.24) is 14.9 Å². The molecule has 0 saturated carbocycles. The van der Waals surface area contributed by atoms with E-state index in [1.807, 2.05) is 4.90 Å². The lowest BCUT2D eigenvalue weighted by Crippen LogP contribution is -2.49. The Bertz CT molecular complexity index is 794. The second-order valence-corrected chi connectivity index (χ2v) is 5.93. The fourth-order valence-electron chi connectivity index (χ4n) is 2.64. The summed E-state index contributed by atoms with van der Waals surface area (Å²) in [6, 6.07) is 6.79. The first-order chi connectivity index (χ1) is 11.2. The van der Waals surface area contributed by atoms with E-state index < -0.39 is 23.0 Å². The van der Waals surface area contributed by atoms with Crippen molar-refractivity contribution in [3.63, 3.8) is 0 Å². The van der Waals surface area contributed by atoms with Crippen molar-refractivity contribution in [3.8, 4) is 11.4 Å². The lowest BCUT2D eigenvalue weighted by Gasteiger charge is -2.35. The number of halogens is 3. The first-order valence-electron chi connectivity index (χ1n) is 7.42. The zero-order valence-corrected chi connectivity index (χ0v) is 12.9. The molecule has 0 aliphatic carbocycles. The zero-order valence-electron chi connectivity index (χ0n) is 12.9. The first kappa shape index (κ1) is 16.7. The van der Waals surface area contributed by atoms with Crippen molar-refractivity contribution in [3.05, 3.63) is 51.4 Å². The van der Waals surface area contributed by atoms with Gasteiger partial charge in [-0.1, -0.05) is 24.3 Å². The van der Waals surface area contributed by atoms with E-state index in [1.165, 1.54) is 0 Å². The molecule has 5 nitrogen and oxygen atoms in total. The van der Waals surface area contributed by atoms with Crippen molar-refractivity contribution in [2.45, 2.75) is 25.7 Å². The Morgan fingerprint density at radius 1 is 1.29 bits per heavy atom. The molecule has 0 amide bonds. The molecule has 1 aliphatic rings. The average Bonchev–Trinajstić information content (AvgIpc) is 2.48. The van der Waals surface area contributed by atoms with Crippen LogP contribution in [0.25, 0.3) is 11.4 Å². The van der Waals surface area contributed by atoms with Crippen LogP contribution >= 0.6 is 0 Å². The summed E-state index contributed by atoms with van der Waals surface area (Å²) in [6.45, 7) is 2.99. The number of H-pyrrole nitrogens is 1. The quantitative estimate of drug-likeness (QED) is 0.897. The van der Waals surface area contributed by atoms with Crippen LogP contribution in [-0.2, 0) is 12.7 Å². The zero-order chi connectivity index (χ0) is 17.5. The molecule has 1 aliphatic heterocycles. The monoisotopic (exact) mass is 339 g/mol. The Labute approximate surface area is 135 Å².